The van der Waals surface area contributed by atoms with Crippen molar-refractivity contribution in [3.63, 3.8) is 0 Å². The minimum atomic E-state index is 0.160. The van der Waals surface area contributed by atoms with Gasteiger partial charge in [-0.2, -0.15) is 0 Å². The summed E-state index contributed by atoms with van der Waals surface area (Å²) >= 11 is 6.06. The summed E-state index contributed by atoms with van der Waals surface area (Å²) in [6.07, 6.45) is 1.24. The second kappa shape index (κ2) is 5.51. The van der Waals surface area contributed by atoms with E-state index in [4.69, 9.17) is 16.3 Å². The van der Waals surface area contributed by atoms with Gasteiger partial charge >= 0.3 is 0 Å². The Hall–Kier alpha value is -2.03. The molecule has 0 aromatic heterocycles. The van der Waals surface area contributed by atoms with Gasteiger partial charge in [0.25, 0.3) is 0 Å². The Kier molecular flexibility index (Phi) is 3.29. The number of ether oxygens (including phenoxy) is 1. The van der Waals surface area contributed by atoms with Crippen molar-refractivity contribution in [3.8, 4) is 0 Å². The second-order valence-electron chi connectivity index (χ2n) is 6.67. The molecule has 2 heterocycles. The number of benzene rings is 3. The first-order valence-corrected chi connectivity index (χ1v) is 8.84. The van der Waals surface area contributed by atoms with Gasteiger partial charge in [-0.25, -0.2) is 0 Å². The highest BCUT2D eigenvalue weighted by Crippen LogP contribution is 2.51. The Morgan fingerprint density at radius 3 is 2.67 bits per heavy atom. The zero-order valence-corrected chi connectivity index (χ0v) is 14.0. The summed E-state index contributed by atoms with van der Waals surface area (Å²) in [5.41, 5.74) is 3.79. The van der Waals surface area contributed by atoms with Crippen LogP contribution in [0.1, 0.15) is 29.7 Å². The zero-order valence-electron chi connectivity index (χ0n) is 13.2. The summed E-state index contributed by atoms with van der Waals surface area (Å²) in [6, 6.07) is 21.4. The highest BCUT2D eigenvalue weighted by Gasteiger charge is 2.42. The first kappa shape index (κ1) is 14.3. The van der Waals surface area contributed by atoms with Crippen LogP contribution in [0.3, 0.4) is 0 Å². The fourth-order valence-corrected chi connectivity index (χ4v) is 4.37. The third-order valence-electron chi connectivity index (χ3n) is 5.36. The molecule has 2 aliphatic rings. The third-order valence-corrected chi connectivity index (χ3v) is 5.61. The van der Waals surface area contributed by atoms with Crippen LogP contribution in [-0.2, 0) is 4.74 Å². The summed E-state index contributed by atoms with van der Waals surface area (Å²) in [7, 11) is 0. The molecule has 2 nitrogen and oxygen atoms in total. The van der Waals surface area contributed by atoms with E-state index in [2.05, 4.69) is 53.8 Å². The molecule has 2 aliphatic heterocycles. The molecular weight excluding hydrogens is 318 g/mol. The maximum Gasteiger partial charge on any atom is 0.0902 e. The van der Waals surface area contributed by atoms with Crippen LogP contribution in [0.5, 0.6) is 0 Å². The van der Waals surface area contributed by atoms with Gasteiger partial charge in [-0.15, -0.1) is 0 Å². The van der Waals surface area contributed by atoms with Crippen LogP contribution < -0.4 is 5.32 Å². The van der Waals surface area contributed by atoms with Crippen LogP contribution in [0.15, 0.2) is 60.7 Å². The van der Waals surface area contributed by atoms with Gasteiger partial charge in [0.2, 0.25) is 0 Å². The normalized spacial score (nSPS) is 25.1. The summed E-state index contributed by atoms with van der Waals surface area (Å²) in [4.78, 5) is 0. The van der Waals surface area contributed by atoms with E-state index in [-0.39, 0.29) is 12.1 Å². The standard InChI is InChI=1S/C21H18ClNO/c22-15-8-5-14(6-9-15)20-17-11-12-24-21(17)19-16-4-2-1-3-13(16)7-10-18(19)23-20/h1-10,17,20-21,23H,11-12H2/t17-,20-,21-/m0/s1. The number of hydrogen-bond donors (Lipinski definition) is 1. The highest BCUT2D eigenvalue weighted by molar-refractivity contribution is 6.30. The number of anilines is 1. The van der Waals surface area contributed by atoms with E-state index < -0.39 is 0 Å². The largest absolute Gasteiger partial charge is 0.378 e. The molecule has 0 saturated carbocycles. The molecule has 1 saturated heterocycles. The molecule has 1 fully saturated rings. The summed E-state index contributed by atoms with van der Waals surface area (Å²) in [5, 5.41) is 7.13. The van der Waals surface area contributed by atoms with E-state index in [0.717, 1.165) is 18.1 Å². The molecule has 3 heteroatoms. The Bertz CT molecular complexity index is 905. The average molecular weight is 336 g/mol. The van der Waals surface area contributed by atoms with Crippen LogP contribution in [0.2, 0.25) is 5.02 Å². The van der Waals surface area contributed by atoms with E-state index in [1.807, 2.05) is 12.1 Å². The van der Waals surface area contributed by atoms with Gasteiger partial charge in [-0.05, 0) is 41.0 Å². The maximum atomic E-state index is 6.20. The van der Waals surface area contributed by atoms with Gasteiger partial charge in [0, 0.05) is 28.8 Å². The van der Waals surface area contributed by atoms with Gasteiger partial charge in [-0.3, -0.25) is 0 Å². The Labute approximate surface area is 146 Å². The first-order chi connectivity index (χ1) is 11.8. The fourth-order valence-electron chi connectivity index (χ4n) is 4.25. The van der Waals surface area contributed by atoms with E-state index in [1.54, 1.807) is 0 Å². The van der Waals surface area contributed by atoms with Crippen LogP contribution in [0.25, 0.3) is 10.8 Å². The molecule has 0 radical (unpaired) electrons. The van der Waals surface area contributed by atoms with E-state index in [0.29, 0.717) is 5.92 Å². The van der Waals surface area contributed by atoms with Crippen LogP contribution in [0, 0.1) is 5.92 Å². The van der Waals surface area contributed by atoms with Gasteiger partial charge in [0.15, 0.2) is 0 Å². The molecule has 120 valence electrons. The molecule has 0 aliphatic carbocycles. The Morgan fingerprint density at radius 1 is 0.958 bits per heavy atom. The van der Waals surface area contributed by atoms with E-state index in [9.17, 15) is 0 Å². The maximum absolute atomic E-state index is 6.20. The van der Waals surface area contributed by atoms with Gasteiger partial charge < -0.3 is 10.1 Å². The lowest BCUT2D eigenvalue weighted by molar-refractivity contribution is 0.0841. The number of fused-ring (bicyclic) bond motifs is 5. The van der Waals surface area contributed by atoms with Crippen molar-refractivity contribution in [2.75, 3.05) is 11.9 Å². The number of hydrogen-bond acceptors (Lipinski definition) is 2. The minimum Gasteiger partial charge on any atom is -0.378 e. The Balaban J connectivity index is 1.66. The van der Waals surface area contributed by atoms with Crippen molar-refractivity contribution < 1.29 is 4.74 Å². The van der Waals surface area contributed by atoms with Crippen LogP contribution >= 0.6 is 11.6 Å². The van der Waals surface area contributed by atoms with Crippen molar-refractivity contribution in [2.45, 2.75) is 18.6 Å². The van der Waals surface area contributed by atoms with Crippen molar-refractivity contribution in [3.05, 3.63) is 76.8 Å². The van der Waals surface area contributed by atoms with Gasteiger partial charge in [-0.1, -0.05) is 54.1 Å². The highest BCUT2D eigenvalue weighted by atomic mass is 35.5. The van der Waals surface area contributed by atoms with Gasteiger partial charge in [0.05, 0.1) is 12.1 Å². The molecule has 0 bridgehead atoms. The second-order valence-corrected chi connectivity index (χ2v) is 7.10. The number of nitrogens with one attached hydrogen (secondary N) is 1. The first-order valence-electron chi connectivity index (χ1n) is 8.46. The lowest BCUT2D eigenvalue weighted by Crippen LogP contribution is -2.29. The quantitative estimate of drug-likeness (QED) is 0.612. The smallest absolute Gasteiger partial charge is 0.0902 e. The molecule has 1 N–H and O–H groups in total. The lowest BCUT2D eigenvalue weighted by Gasteiger charge is -2.37. The minimum absolute atomic E-state index is 0.160. The van der Waals surface area contributed by atoms with Crippen molar-refractivity contribution in [2.24, 2.45) is 5.92 Å². The molecule has 0 amide bonds. The van der Waals surface area contributed by atoms with Crippen molar-refractivity contribution >= 4 is 28.1 Å². The van der Waals surface area contributed by atoms with E-state index in [1.165, 1.54) is 27.6 Å². The third kappa shape index (κ3) is 2.14. The molecular formula is C21H18ClNO. The predicted molar refractivity (Wildman–Crippen MR) is 98.6 cm³/mol. The SMILES string of the molecule is Clc1ccc([C@@H]2Nc3ccc4ccccc4c3[C@H]3OCC[C@H]32)cc1. The van der Waals surface area contributed by atoms with Crippen LogP contribution in [0.4, 0.5) is 5.69 Å². The molecule has 0 spiro atoms. The zero-order chi connectivity index (χ0) is 16.1. The predicted octanol–water partition coefficient (Wildman–Crippen LogP) is 5.74. The van der Waals surface area contributed by atoms with Crippen LogP contribution in [-0.4, -0.2) is 6.61 Å². The molecule has 3 atom stereocenters. The summed E-state index contributed by atoms with van der Waals surface area (Å²) in [5.74, 6) is 0.449. The van der Waals surface area contributed by atoms with Crippen molar-refractivity contribution in [1.29, 1.82) is 0 Å². The fraction of sp³-hybridized carbons (Fsp3) is 0.238. The van der Waals surface area contributed by atoms with Crippen molar-refractivity contribution in [1.82, 2.24) is 0 Å². The van der Waals surface area contributed by atoms with Gasteiger partial charge in [0.1, 0.15) is 0 Å². The summed E-state index contributed by atoms with van der Waals surface area (Å²) in [6.45, 7) is 0.823. The average Bonchev–Trinajstić information content (AvgIpc) is 3.11. The number of rotatable bonds is 1. The molecule has 3 aromatic carbocycles. The number of halogens is 1. The summed E-state index contributed by atoms with van der Waals surface area (Å²) < 4.78 is 6.20. The molecule has 5 rings (SSSR count). The molecule has 3 aromatic rings. The Morgan fingerprint density at radius 2 is 1.79 bits per heavy atom. The lowest BCUT2D eigenvalue weighted by atomic mass is 9.79. The topological polar surface area (TPSA) is 21.3 Å². The van der Waals surface area contributed by atoms with E-state index >= 15 is 0 Å². The monoisotopic (exact) mass is 335 g/mol. The molecule has 24 heavy (non-hydrogen) atoms. The molecule has 0 unspecified atom stereocenters.